The minimum absolute atomic E-state index is 0.100. The number of hydrogen-bond acceptors (Lipinski definition) is 7. The molecule has 1 N–H and O–H groups in total. The third-order valence-corrected chi connectivity index (χ3v) is 8.21. The van der Waals surface area contributed by atoms with Gasteiger partial charge in [-0.25, -0.2) is 9.78 Å². The largest absolute Gasteiger partial charge is 0.446 e. The number of para-hydroxylation sites is 1. The van der Waals surface area contributed by atoms with Crippen LogP contribution in [0, 0.1) is 0 Å². The van der Waals surface area contributed by atoms with E-state index in [1.54, 1.807) is 31.1 Å². The van der Waals surface area contributed by atoms with Gasteiger partial charge in [-0.3, -0.25) is 14.9 Å². The Morgan fingerprint density at radius 2 is 1.60 bits per heavy atom. The summed E-state index contributed by atoms with van der Waals surface area (Å²) in [4.78, 5) is 49.7. The Labute approximate surface area is 253 Å². The van der Waals surface area contributed by atoms with Crippen LogP contribution in [0.15, 0.2) is 72.9 Å². The van der Waals surface area contributed by atoms with Gasteiger partial charge in [0, 0.05) is 71.9 Å². The average Bonchev–Trinajstić information content (AvgIpc) is 3.04. The number of likely N-dealkylation sites (tertiary alicyclic amines) is 1. The van der Waals surface area contributed by atoms with Crippen molar-refractivity contribution in [3.05, 3.63) is 78.6 Å². The van der Waals surface area contributed by atoms with Crippen molar-refractivity contribution in [1.29, 1.82) is 0 Å². The number of ether oxygens (including phenoxy) is 1. The molecule has 0 aliphatic carbocycles. The molecule has 2 aromatic carbocycles. The quantitative estimate of drug-likeness (QED) is 0.424. The summed E-state index contributed by atoms with van der Waals surface area (Å²) in [7, 11) is 1.80. The van der Waals surface area contributed by atoms with Gasteiger partial charge in [0.05, 0.1) is 17.6 Å². The van der Waals surface area contributed by atoms with Crippen molar-refractivity contribution in [2.45, 2.75) is 25.9 Å². The molecule has 2 saturated heterocycles. The first-order valence-electron chi connectivity index (χ1n) is 14.9. The molecule has 0 spiro atoms. The molecule has 0 bridgehead atoms. The molecule has 10 heteroatoms. The maximum Gasteiger partial charge on any atom is 0.411 e. The Balaban J connectivity index is 1.03. The summed E-state index contributed by atoms with van der Waals surface area (Å²) in [5, 5.41) is 2.92. The second-order valence-electron chi connectivity index (χ2n) is 11.1. The highest BCUT2D eigenvalue weighted by molar-refractivity contribution is 5.92. The summed E-state index contributed by atoms with van der Waals surface area (Å²) in [5.41, 5.74) is 4.08. The van der Waals surface area contributed by atoms with Gasteiger partial charge in [-0.05, 0) is 36.6 Å². The van der Waals surface area contributed by atoms with Crippen molar-refractivity contribution in [2.75, 3.05) is 69.6 Å². The molecule has 10 nitrogen and oxygen atoms in total. The summed E-state index contributed by atoms with van der Waals surface area (Å²) in [5.74, 6) is -0.0119. The zero-order valence-electron chi connectivity index (χ0n) is 24.9. The maximum atomic E-state index is 13.0. The molecule has 3 heterocycles. The van der Waals surface area contributed by atoms with Gasteiger partial charge in [-0.1, -0.05) is 48.5 Å². The number of amides is 3. The number of benzene rings is 2. The number of rotatable bonds is 8. The van der Waals surface area contributed by atoms with Gasteiger partial charge in [-0.15, -0.1) is 0 Å². The van der Waals surface area contributed by atoms with Gasteiger partial charge in [-0.2, -0.15) is 0 Å². The van der Waals surface area contributed by atoms with E-state index in [1.807, 2.05) is 65.6 Å². The molecule has 226 valence electrons. The SMILES string of the molecule is CC(=O)N1CCN(c2ccc(C(=O)N(C)CCN3CCC(OC(=O)Nc4ccccc4-c4ccccc4)CC3)nc2)CC1. The zero-order chi connectivity index (χ0) is 30.2. The van der Waals surface area contributed by atoms with Crippen LogP contribution in [0.3, 0.4) is 0 Å². The molecule has 2 aliphatic rings. The van der Waals surface area contributed by atoms with Crippen LogP contribution in [0.2, 0.25) is 0 Å². The van der Waals surface area contributed by atoms with E-state index in [0.717, 1.165) is 68.1 Å². The summed E-state index contributed by atoms with van der Waals surface area (Å²) in [6, 6.07) is 21.4. The third-order valence-electron chi connectivity index (χ3n) is 8.21. The lowest BCUT2D eigenvalue weighted by Gasteiger charge is -2.35. The minimum atomic E-state index is -0.441. The number of piperazine rings is 1. The Morgan fingerprint density at radius 1 is 0.907 bits per heavy atom. The molecule has 3 aromatic rings. The average molecular weight is 585 g/mol. The highest BCUT2D eigenvalue weighted by Gasteiger charge is 2.24. The molecule has 2 aliphatic heterocycles. The summed E-state index contributed by atoms with van der Waals surface area (Å²) < 4.78 is 5.75. The maximum absolute atomic E-state index is 13.0. The van der Waals surface area contributed by atoms with Crippen molar-refractivity contribution in [3.63, 3.8) is 0 Å². The van der Waals surface area contributed by atoms with Gasteiger partial charge in [0.1, 0.15) is 11.8 Å². The van der Waals surface area contributed by atoms with Crippen LogP contribution < -0.4 is 10.2 Å². The lowest BCUT2D eigenvalue weighted by Crippen LogP contribution is -2.48. The number of aromatic nitrogens is 1. The van der Waals surface area contributed by atoms with Crippen LogP contribution in [0.5, 0.6) is 0 Å². The van der Waals surface area contributed by atoms with E-state index < -0.39 is 6.09 Å². The number of piperidine rings is 1. The first-order chi connectivity index (χ1) is 20.9. The van der Waals surface area contributed by atoms with E-state index in [9.17, 15) is 14.4 Å². The number of carbonyl (C=O) groups is 3. The molecule has 0 atom stereocenters. The predicted octanol–water partition coefficient (Wildman–Crippen LogP) is 4.20. The Hall–Kier alpha value is -4.44. The van der Waals surface area contributed by atoms with Crippen LogP contribution >= 0.6 is 0 Å². The lowest BCUT2D eigenvalue weighted by molar-refractivity contribution is -0.129. The van der Waals surface area contributed by atoms with E-state index in [2.05, 4.69) is 20.1 Å². The van der Waals surface area contributed by atoms with E-state index in [1.165, 1.54) is 0 Å². The number of nitrogens with zero attached hydrogens (tertiary/aromatic N) is 5. The van der Waals surface area contributed by atoms with E-state index in [4.69, 9.17) is 4.74 Å². The standard InChI is InChI=1S/C33H40N6O4/c1-25(40)38-20-22-39(23-21-38)27-12-13-31(34-24-27)32(41)36(2)18-19-37-16-14-28(15-17-37)43-33(42)35-30-11-7-6-10-29(30)26-8-4-3-5-9-26/h3-13,24,28H,14-23H2,1-2H3,(H,35,42). The fraction of sp³-hybridized carbons (Fsp3) is 0.394. The van der Waals surface area contributed by atoms with Gasteiger partial charge in [0.2, 0.25) is 5.91 Å². The molecule has 0 radical (unpaired) electrons. The Morgan fingerprint density at radius 3 is 2.28 bits per heavy atom. The van der Waals surface area contributed by atoms with E-state index in [-0.39, 0.29) is 17.9 Å². The molecule has 0 unspecified atom stereocenters. The van der Waals surface area contributed by atoms with Crippen molar-refractivity contribution >= 4 is 29.3 Å². The number of hydrogen-bond donors (Lipinski definition) is 1. The van der Waals surface area contributed by atoms with Gasteiger partial charge in [0.15, 0.2) is 0 Å². The zero-order valence-corrected chi connectivity index (χ0v) is 24.9. The number of carbonyl (C=O) groups excluding carboxylic acids is 3. The summed E-state index contributed by atoms with van der Waals surface area (Å²) >= 11 is 0. The normalized spacial score (nSPS) is 16.0. The smallest absolute Gasteiger partial charge is 0.411 e. The molecule has 43 heavy (non-hydrogen) atoms. The van der Waals surface area contributed by atoms with E-state index >= 15 is 0 Å². The van der Waals surface area contributed by atoms with Crippen LogP contribution in [0.1, 0.15) is 30.3 Å². The van der Waals surface area contributed by atoms with Crippen molar-refractivity contribution in [1.82, 2.24) is 19.7 Å². The second-order valence-corrected chi connectivity index (χ2v) is 11.1. The molecule has 0 saturated carbocycles. The van der Waals surface area contributed by atoms with Gasteiger partial charge >= 0.3 is 6.09 Å². The van der Waals surface area contributed by atoms with Crippen molar-refractivity contribution < 1.29 is 19.1 Å². The third kappa shape index (κ3) is 7.90. The number of anilines is 2. The number of nitrogens with one attached hydrogen (secondary N) is 1. The highest BCUT2D eigenvalue weighted by atomic mass is 16.6. The Bertz CT molecular complexity index is 1380. The molecule has 3 amide bonds. The lowest BCUT2D eigenvalue weighted by atomic mass is 10.0. The molecule has 1 aromatic heterocycles. The molecular weight excluding hydrogens is 544 g/mol. The Kier molecular flexibility index (Phi) is 9.88. The molecule has 5 rings (SSSR count). The van der Waals surface area contributed by atoms with Crippen LogP contribution in [0.25, 0.3) is 11.1 Å². The van der Waals surface area contributed by atoms with Gasteiger partial charge < -0.3 is 24.3 Å². The summed E-state index contributed by atoms with van der Waals surface area (Å²) in [6.07, 6.45) is 2.65. The van der Waals surface area contributed by atoms with E-state index in [0.29, 0.717) is 25.3 Å². The monoisotopic (exact) mass is 584 g/mol. The summed E-state index contributed by atoms with van der Waals surface area (Å²) in [6.45, 7) is 7.40. The number of likely N-dealkylation sites (N-methyl/N-ethyl adjacent to an activating group) is 1. The number of pyridine rings is 1. The first-order valence-corrected chi connectivity index (χ1v) is 14.9. The van der Waals surface area contributed by atoms with Crippen LogP contribution in [-0.2, 0) is 9.53 Å². The fourth-order valence-corrected chi connectivity index (χ4v) is 5.57. The first kappa shape index (κ1) is 30.0. The molecular formula is C33H40N6O4. The highest BCUT2D eigenvalue weighted by Crippen LogP contribution is 2.28. The fourth-order valence-electron chi connectivity index (χ4n) is 5.57. The van der Waals surface area contributed by atoms with Crippen LogP contribution in [0.4, 0.5) is 16.2 Å². The minimum Gasteiger partial charge on any atom is -0.446 e. The second kappa shape index (κ2) is 14.2. The van der Waals surface area contributed by atoms with Gasteiger partial charge in [0.25, 0.3) is 5.91 Å². The van der Waals surface area contributed by atoms with Crippen molar-refractivity contribution in [2.24, 2.45) is 0 Å². The van der Waals surface area contributed by atoms with Crippen molar-refractivity contribution in [3.8, 4) is 11.1 Å². The van der Waals surface area contributed by atoms with Crippen LogP contribution in [-0.4, -0.2) is 103 Å². The molecule has 2 fully saturated rings. The topological polar surface area (TPSA) is 98.3 Å². The predicted molar refractivity (Wildman–Crippen MR) is 167 cm³/mol.